The molecule has 98 valence electrons. The predicted molar refractivity (Wildman–Crippen MR) is 69.1 cm³/mol. The molecule has 0 aliphatic heterocycles. The van der Waals surface area contributed by atoms with Crippen molar-refractivity contribution in [2.45, 2.75) is 26.9 Å². The molecule has 0 saturated heterocycles. The Hall–Kier alpha value is -1.73. The first-order chi connectivity index (χ1) is 8.67. The molecule has 1 aromatic heterocycles. The normalized spacial score (nSPS) is 11.8. The number of furan rings is 1. The van der Waals surface area contributed by atoms with Gasteiger partial charge in [-0.3, -0.25) is 4.90 Å². The third kappa shape index (κ3) is 4.64. The van der Waals surface area contributed by atoms with E-state index in [0.717, 1.165) is 13.1 Å². The average molecular weight is 249 g/mol. The molecule has 0 radical (unpaired) electrons. The Bertz CT molecular complexity index is 410. The molecule has 0 saturated carbocycles. The summed E-state index contributed by atoms with van der Waals surface area (Å²) in [7, 11) is 0. The Kier molecular flexibility index (Phi) is 6.03. The van der Waals surface area contributed by atoms with Crippen molar-refractivity contribution >= 4 is 5.97 Å². The molecule has 0 aromatic carbocycles. The summed E-state index contributed by atoms with van der Waals surface area (Å²) in [6.45, 7) is 8.54. The van der Waals surface area contributed by atoms with E-state index in [1.165, 1.54) is 6.26 Å². The molecular weight excluding hydrogens is 230 g/mol. The van der Waals surface area contributed by atoms with Gasteiger partial charge in [0.15, 0.2) is 6.10 Å². The second-order valence-corrected chi connectivity index (χ2v) is 3.81. The molecule has 0 amide bonds. The van der Waals surface area contributed by atoms with Crippen molar-refractivity contribution in [3.63, 3.8) is 0 Å². The Balaban J connectivity index is 2.40. The maximum Gasteiger partial charge on any atom is 0.375 e. The minimum absolute atomic E-state index is 0.201. The van der Waals surface area contributed by atoms with Gasteiger partial charge in [-0.25, -0.2) is 4.79 Å². The molecule has 1 rings (SSSR count). The number of esters is 1. The van der Waals surface area contributed by atoms with Crippen LogP contribution < -0.4 is 0 Å². The third-order valence-electron chi connectivity index (χ3n) is 2.51. The van der Waals surface area contributed by atoms with Crippen molar-refractivity contribution in [2.75, 3.05) is 19.6 Å². The number of ether oxygens (including phenoxy) is 1. The first-order valence-electron chi connectivity index (χ1n) is 6.12. The van der Waals surface area contributed by atoms with Gasteiger partial charge in [-0.1, -0.05) is 25.7 Å². The van der Waals surface area contributed by atoms with Crippen LogP contribution >= 0.6 is 0 Å². The Labute approximate surface area is 108 Å². The Morgan fingerprint density at radius 2 is 2.22 bits per heavy atom. The van der Waals surface area contributed by atoms with Crippen LogP contribution in [0.4, 0.5) is 0 Å². The van der Waals surface area contributed by atoms with Gasteiger partial charge in [0, 0.05) is 0 Å². The molecule has 0 N–H and O–H groups in total. The van der Waals surface area contributed by atoms with Gasteiger partial charge in [-0.2, -0.15) is 0 Å². The molecule has 4 heteroatoms. The van der Waals surface area contributed by atoms with Crippen molar-refractivity contribution in [1.29, 1.82) is 0 Å². The van der Waals surface area contributed by atoms with Crippen molar-refractivity contribution in [1.82, 2.24) is 4.90 Å². The highest BCUT2D eigenvalue weighted by atomic mass is 16.6. The summed E-state index contributed by atoms with van der Waals surface area (Å²) in [5.74, 6) is 5.62. The minimum Gasteiger partial charge on any atom is -0.457 e. The van der Waals surface area contributed by atoms with Crippen LogP contribution in [-0.4, -0.2) is 36.6 Å². The molecule has 1 heterocycles. The van der Waals surface area contributed by atoms with Crippen molar-refractivity contribution in [3.8, 4) is 11.8 Å². The lowest BCUT2D eigenvalue weighted by Gasteiger charge is -2.13. The van der Waals surface area contributed by atoms with Crippen LogP contribution in [0.25, 0.3) is 0 Å². The van der Waals surface area contributed by atoms with Crippen LogP contribution in [0.2, 0.25) is 0 Å². The number of hydrogen-bond acceptors (Lipinski definition) is 4. The molecule has 1 aromatic rings. The molecule has 18 heavy (non-hydrogen) atoms. The summed E-state index contributed by atoms with van der Waals surface area (Å²) in [6.07, 6.45) is 1.01. The molecular formula is C14H19NO3. The van der Waals surface area contributed by atoms with Gasteiger partial charge >= 0.3 is 5.97 Å². The van der Waals surface area contributed by atoms with Gasteiger partial charge in [0.2, 0.25) is 5.76 Å². The van der Waals surface area contributed by atoms with Gasteiger partial charge in [0.1, 0.15) is 0 Å². The number of carbonyl (C=O) groups is 1. The SMILES string of the molecule is CCN(CC)CC#C[C@H](C)OC(=O)c1ccco1. The second kappa shape index (κ2) is 7.57. The van der Waals surface area contributed by atoms with Gasteiger partial charge in [-0.05, 0) is 32.1 Å². The molecule has 0 aliphatic rings. The molecule has 1 atom stereocenters. The first-order valence-corrected chi connectivity index (χ1v) is 6.12. The van der Waals surface area contributed by atoms with Crippen molar-refractivity contribution in [3.05, 3.63) is 24.2 Å². The predicted octanol–water partition coefficient (Wildman–Crippen LogP) is 2.17. The quantitative estimate of drug-likeness (QED) is 0.592. The third-order valence-corrected chi connectivity index (χ3v) is 2.51. The van der Waals surface area contributed by atoms with E-state index in [9.17, 15) is 4.79 Å². The van der Waals surface area contributed by atoms with Crippen LogP contribution in [0.3, 0.4) is 0 Å². The smallest absolute Gasteiger partial charge is 0.375 e. The standard InChI is InChI=1S/C14H19NO3/c1-4-15(5-2)10-6-8-12(3)18-14(16)13-9-7-11-17-13/h7,9,11-12H,4-5,10H2,1-3H3/t12-/m0/s1. The minimum atomic E-state index is -0.482. The molecule has 0 bridgehead atoms. The molecule has 0 spiro atoms. The molecule has 0 aliphatic carbocycles. The molecule has 4 nitrogen and oxygen atoms in total. The van der Waals surface area contributed by atoms with Crippen LogP contribution in [0.5, 0.6) is 0 Å². The van der Waals surface area contributed by atoms with Crippen LogP contribution in [0.1, 0.15) is 31.3 Å². The van der Waals surface area contributed by atoms with E-state index >= 15 is 0 Å². The lowest BCUT2D eigenvalue weighted by atomic mass is 10.3. The second-order valence-electron chi connectivity index (χ2n) is 3.81. The summed E-state index contributed by atoms with van der Waals surface area (Å²) < 4.78 is 10.1. The van der Waals surface area contributed by atoms with Crippen LogP contribution in [-0.2, 0) is 4.74 Å². The lowest BCUT2D eigenvalue weighted by Crippen LogP contribution is -2.23. The van der Waals surface area contributed by atoms with Crippen LogP contribution in [0.15, 0.2) is 22.8 Å². The highest BCUT2D eigenvalue weighted by Crippen LogP contribution is 2.04. The van der Waals surface area contributed by atoms with E-state index in [1.807, 2.05) is 0 Å². The maximum absolute atomic E-state index is 11.5. The van der Waals surface area contributed by atoms with E-state index in [0.29, 0.717) is 6.54 Å². The number of hydrogen-bond donors (Lipinski definition) is 0. The van der Waals surface area contributed by atoms with Gasteiger partial charge < -0.3 is 9.15 Å². The average Bonchev–Trinajstić information content (AvgIpc) is 2.88. The fourth-order valence-corrected chi connectivity index (χ4v) is 1.39. The van der Waals surface area contributed by atoms with E-state index < -0.39 is 12.1 Å². The fraction of sp³-hybridized carbons (Fsp3) is 0.500. The highest BCUT2D eigenvalue weighted by Gasteiger charge is 2.12. The zero-order valence-corrected chi connectivity index (χ0v) is 11.1. The monoisotopic (exact) mass is 249 g/mol. The van der Waals surface area contributed by atoms with E-state index in [-0.39, 0.29) is 5.76 Å². The van der Waals surface area contributed by atoms with E-state index in [4.69, 9.17) is 9.15 Å². The zero-order valence-electron chi connectivity index (χ0n) is 11.1. The van der Waals surface area contributed by atoms with Gasteiger partial charge in [0.25, 0.3) is 0 Å². The summed E-state index contributed by atoms with van der Waals surface area (Å²) in [5.41, 5.74) is 0. The van der Waals surface area contributed by atoms with Crippen molar-refractivity contribution < 1.29 is 13.9 Å². The van der Waals surface area contributed by atoms with E-state index in [1.54, 1.807) is 19.1 Å². The number of rotatable bonds is 5. The van der Waals surface area contributed by atoms with Crippen molar-refractivity contribution in [2.24, 2.45) is 0 Å². The number of carbonyl (C=O) groups excluding carboxylic acids is 1. The number of nitrogens with zero attached hydrogens (tertiary/aromatic N) is 1. The molecule has 0 fully saturated rings. The Morgan fingerprint density at radius 1 is 1.50 bits per heavy atom. The fourth-order valence-electron chi connectivity index (χ4n) is 1.39. The van der Waals surface area contributed by atoms with Gasteiger partial charge in [0.05, 0.1) is 12.8 Å². The summed E-state index contributed by atoms with van der Waals surface area (Å²) >= 11 is 0. The highest BCUT2D eigenvalue weighted by molar-refractivity contribution is 5.86. The lowest BCUT2D eigenvalue weighted by molar-refractivity contribution is 0.0402. The zero-order chi connectivity index (χ0) is 13.4. The molecule has 0 unspecified atom stereocenters. The Morgan fingerprint density at radius 3 is 2.78 bits per heavy atom. The largest absolute Gasteiger partial charge is 0.457 e. The summed E-state index contributed by atoms with van der Waals surface area (Å²) in [6, 6.07) is 3.21. The van der Waals surface area contributed by atoms with E-state index in [2.05, 4.69) is 30.6 Å². The summed E-state index contributed by atoms with van der Waals surface area (Å²) in [5, 5.41) is 0. The maximum atomic E-state index is 11.5. The van der Waals surface area contributed by atoms with Crippen LogP contribution in [0, 0.1) is 11.8 Å². The topological polar surface area (TPSA) is 42.7 Å². The first kappa shape index (κ1) is 14.3. The summed E-state index contributed by atoms with van der Waals surface area (Å²) in [4.78, 5) is 13.7. The van der Waals surface area contributed by atoms with Gasteiger partial charge in [-0.15, -0.1) is 0 Å².